The number of carbonyl (C=O) groups is 2. The second-order valence-corrected chi connectivity index (χ2v) is 6.24. The number of allylic oxidation sites excluding steroid dienone is 1. The van der Waals surface area contributed by atoms with Gasteiger partial charge in [-0.3, -0.25) is 9.59 Å². The van der Waals surface area contributed by atoms with Gasteiger partial charge in [-0.1, -0.05) is 11.6 Å². The van der Waals surface area contributed by atoms with Crippen LogP contribution in [0.25, 0.3) is 0 Å². The number of nitrogens with zero attached hydrogens (tertiary/aromatic N) is 2. The van der Waals surface area contributed by atoms with Crippen LogP contribution in [0.15, 0.2) is 35.7 Å². The van der Waals surface area contributed by atoms with E-state index >= 15 is 0 Å². The molecule has 0 radical (unpaired) electrons. The number of alkyl halides is 3. The molecule has 1 atom stereocenters. The summed E-state index contributed by atoms with van der Waals surface area (Å²) in [6.07, 6.45) is 0.239. The van der Waals surface area contributed by atoms with E-state index in [0.717, 1.165) is 0 Å². The van der Waals surface area contributed by atoms with Gasteiger partial charge in [-0.05, 0) is 37.1 Å². The Balaban J connectivity index is 2.28. The Bertz CT molecular complexity index is 775. The lowest BCUT2D eigenvalue weighted by molar-refractivity contribution is -0.122. The molecule has 1 unspecified atom stereocenters. The number of fused-ring (bicyclic) bond motifs is 1. The minimum atomic E-state index is -4.38. The third-order valence-corrected chi connectivity index (χ3v) is 4.25. The number of aromatic nitrogens is 1. The summed E-state index contributed by atoms with van der Waals surface area (Å²) >= 11 is 6.02. The van der Waals surface area contributed by atoms with Crippen molar-refractivity contribution in [2.75, 3.05) is 6.54 Å². The van der Waals surface area contributed by atoms with Crippen molar-refractivity contribution in [2.24, 2.45) is 0 Å². The number of halogens is 4. The number of pyridine rings is 1. The van der Waals surface area contributed by atoms with E-state index in [0.29, 0.717) is 28.6 Å². The van der Waals surface area contributed by atoms with Crippen molar-refractivity contribution in [1.82, 2.24) is 15.2 Å². The van der Waals surface area contributed by atoms with E-state index in [1.54, 1.807) is 13.0 Å². The third kappa shape index (κ3) is 4.63. The lowest BCUT2D eigenvalue weighted by Gasteiger charge is -2.26. The highest BCUT2D eigenvalue weighted by atomic mass is 35.5. The highest BCUT2D eigenvalue weighted by Crippen LogP contribution is 2.30. The molecule has 26 heavy (non-hydrogen) atoms. The summed E-state index contributed by atoms with van der Waals surface area (Å²) in [5.41, 5.74) is 1.67. The number of hydrogen-bond donors (Lipinski definition) is 1. The fourth-order valence-corrected chi connectivity index (χ4v) is 2.79. The number of hydrogen-bond acceptors (Lipinski definition) is 4. The van der Waals surface area contributed by atoms with Crippen molar-refractivity contribution >= 4 is 23.8 Å². The summed E-state index contributed by atoms with van der Waals surface area (Å²) in [5, 5.41) is 2.40. The summed E-state index contributed by atoms with van der Waals surface area (Å²) < 4.78 is 37.1. The number of rotatable bonds is 6. The molecule has 140 valence electrons. The standard InChI is InChI=1S/C17H17ClF3N3O2/c1-10(8-25)5-12(6-22-9-17(19,20)21)11(2)24-7-14-13(16(24)26)3-4-23-15(14)18/h3-6,8,11,22H,7,9H2,1-2H3. The Labute approximate surface area is 153 Å². The van der Waals surface area contributed by atoms with Crippen LogP contribution in [0, 0.1) is 0 Å². The molecule has 0 aromatic carbocycles. The molecule has 5 nitrogen and oxygen atoms in total. The second-order valence-electron chi connectivity index (χ2n) is 5.88. The predicted octanol–water partition coefficient (Wildman–Crippen LogP) is 3.26. The van der Waals surface area contributed by atoms with Gasteiger partial charge >= 0.3 is 6.18 Å². The lowest BCUT2D eigenvalue weighted by atomic mass is 10.1. The molecule has 1 aliphatic rings. The topological polar surface area (TPSA) is 62.3 Å². The van der Waals surface area contributed by atoms with Gasteiger partial charge in [-0.2, -0.15) is 13.2 Å². The number of carbonyl (C=O) groups excluding carboxylic acids is 2. The van der Waals surface area contributed by atoms with Gasteiger partial charge in [0.15, 0.2) is 0 Å². The van der Waals surface area contributed by atoms with Crippen LogP contribution in [0.4, 0.5) is 13.2 Å². The fraction of sp³-hybridized carbons (Fsp3) is 0.353. The van der Waals surface area contributed by atoms with Crippen LogP contribution in [-0.4, -0.2) is 40.8 Å². The normalized spacial score (nSPS) is 16.5. The van der Waals surface area contributed by atoms with Gasteiger partial charge in [0.2, 0.25) is 0 Å². The van der Waals surface area contributed by atoms with Gasteiger partial charge in [0.05, 0.1) is 12.6 Å². The van der Waals surface area contributed by atoms with E-state index < -0.39 is 18.8 Å². The van der Waals surface area contributed by atoms with Crippen molar-refractivity contribution in [1.29, 1.82) is 0 Å². The van der Waals surface area contributed by atoms with Crippen LogP contribution in [0.5, 0.6) is 0 Å². The van der Waals surface area contributed by atoms with E-state index in [1.807, 2.05) is 0 Å². The minimum absolute atomic E-state index is 0.187. The summed E-state index contributed by atoms with van der Waals surface area (Å²) in [6.45, 7) is 2.16. The zero-order chi connectivity index (χ0) is 19.5. The van der Waals surface area contributed by atoms with Crippen molar-refractivity contribution in [2.45, 2.75) is 32.6 Å². The van der Waals surface area contributed by atoms with Crippen molar-refractivity contribution in [3.05, 3.63) is 52.0 Å². The monoisotopic (exact) mass is 387 g/mol. The maximum atomic E-state index is 12.6. The van der Waals surface area contributed by atoms with Crippen LogP contribution in [0.2, 0.25) is 5.15 Å². The molecule has 0 saturated heterocycles. The molecule has 0 aliphatic carbocycles. The van der Waals surface area contributed by atoms with Crippen LogP contribution in [0.3, 0.4) is 0 Å². The van der Waals surface area contributed by atoms with Crippen LogP contribution in [-0.2, 0) is 11.3 Å². The van der Waals surface area contributed by atoms with E-state index in [1.165, 1.54) is 30.3 Å². The molecule has 1 aliphatic heterocycles. The third-order valence-electron chi connectivity index (χ3n) is 3.92. The molecular formula is C17H17ClF3N3O2. The highest BCUT2D eigenvalue weighted by Gasteiger charge is 2.34. The van der Waals surface area contributed by atoms with E-state index in [9.17, 15) is 22.8 Å². The van der Waals surface area contributed by atoms with Crippen molar-refractivity contribution < 1.29 is 22.8 Å². The molecule has 0 bridgehead atoms. The molecule has 2 heterocycles. The van der Waals surface area contributed by atoms with Crippen LogP contribution in [0.1, 0.15) is 29.8 Å². The predicted molar refractivity (Wildman–Crippen MR) is 90.5 cm³/mol. The van der Waals surface area contributed by atoms with Gasteiger partial charge < -0.3 is 10.2 Å². The fourth-order valence-electron chi connectivity index (χ4n) is 2.57. The van der Waals surface area contributed by atoms with Gasteiger partial charge in [-0.15, -0.1) is 0 Å². The van der Waals surface area contributed by atoms with E-state index in [4.69, 9.17) is 11.6 Å². The Morgan fingerprint density at radius 3 is 2.77 bits per heavy atom. The Hall–Kier alpha value is -2.35. The molecule has 1 aromatic heterocycles. The first-order valence-corrected chi connectivity index (χ1v) is 8.10. The molecule has 0 spiro atoms. The average molecular weight is 388 g/mol. The molecule has 2 rings (SSSR count). The second kappa shape index (κ2) is 7.90. The highest BCUT2D eigenvalue weighted by molar-refractivity contribution is 6.30. The zero-order valence-electron chi connectivity index (χ0n) is 14.1. The Kier molecular flexibility index (Phi) is 6.07. The van der Waals surface area contributed by atoms with Crippen LogP contribution >= 0.6 is 11.6 Å². The number of amides is 1. The molecule has 1 amide bonds. The van der Waals surface area contributed by atoms with E-state index in [-0.39, 0.29) is 17.6 Å². The van der Waals surface area contributed by atoms with E-state index in [2.05, 4.69) is 10.3 Å². The van der Waals surface area contributed by atoms with Gasteiger partial charge in [0.1, 0.15) is 18.0 Å². The van der Waals surface area contributed by atoms with Crippen molar-refractivity contribution in [3.8, 4) is 0 Å². The zero-order valence-corrected chi connectivity index (χ0v) is 14.9. The molecule has 0 saturated carbocycles. The van der Waals surface area contributed by atoms with Crippen LogP contribution < -0.4 is 5.32 Å². The molecule has 1 aromatic rings. The largest absolute Gasteiger partial charge is 0.405 e. The molecule has 0 fully saturated rings. The summed E-state index contributed by atoms with van der Waals surface area (Å²) in [5.74, 6) is -0.296. The SMILES string of the molecule is CC(C=O)=CC(=CNCC(F)(F)F)C(C)N1Cc2c(ccnc2Cl)C1=O. The smallest absolute Gasteiger partial charge is 0.382 e. The first-order chi connectivity index (χ1) is 12.1. The number of nitrogens with one attached hydrogen (secondary N) is 1. The Morgan fingerprint density at radius 2 is 2.19 bits per heavy atom. The molecular weight excluding hydrogens is 371 g/mol. The Morgan fingerprint density at radius 1 is 1.50 bits per heavy atom. The first kappa shape index (κ1) is 20.0. The molecule has 1 N–H and O–H groups in total. The summed E-state index contributed by atoms with van der Waals surface area (Å²) in [4.78, 5) is 28.9. The lowest BCUT2D eigenvalue weighted by Crippen LogP contribution is -2.35. The van der Waals surface area contributed by atoms with Crippen molar-refractivity contribution in [3.63, 3.8) is 0 Å². The maximum Gasteiger partial charge on any atom is 0.405 e. The molecule has 9 heteroatoms. The first-order valence-electron chi connectivity index (χ1n) is 7.72. The maximum absolute atomic E-state index is 12.6. The average Bonchev–Trinajstić information content (AvgIpc) is 2.90. The van der Waals surface area contributed by atoms with Gasteiger partial charge in [0, 0.05) is 23.5 Å². The van der Waals surface area contributed by atoms with Gasteiger partial charge in [-0.25, -0.2) is 4.98 Å². The summed E-state index contributed by atoms with van der Waals surface area (Å²) in [7, 11) is 0. The number of aldehydes is 1. The minimum Gasteiger partial charge on any atom is -0.382 e. The van der Waals surface area contributed by atoms with Gasteiger partial charge in [0.25, 0.3) is 5.91 Å². The quantitative estimate of drug-likeness (QED) is 0.352. The summed E-state index contributed by atoms with van der Waals surface area (Å²) in [6, 6.07) is 0.968.